The summed E-state index contributed by atoms with van der Waals surface area (Å²) < 4.78 is 5.88. The van der Waals surface area contributed by atoms with E-state index in [2.05, 4.69) is 74.7 Å². The average Bonchev–Trinajstić information content (AvgIpc) is 3.24. The van der Waals surface area contributed by atoms with Gasteiger partial charge in [-0.3, -0.25) is 9.59 Å². The van der Waals surface area contributed by atoms with Gasteiger partial charge in [0.05, 0.1) is 25.2 Å². The highest BCUT2D eigenvalue weighted by molar-refractivity contribution is 5.77. The zero-order valence-electron chi connectivity index (χ0n) is 39.1. The number of hydrogen-bond donors (Lipinski definition) is 3. The molecule has 0 fully saturated rings. The number of nitrogens with one attached hydrogen (secondary N) is 1. The fraction of sp³-hybridized carbons (Fsp3) is 0.704. The summed E-state index contributed by atoms with van der Waals surface area (Å²) in [5.41, 5.74) is 0. The number of hydrogen-bond acceptors (Lipinski definition) is 5. The van der Waals surface area contributed by atoms with E-state index in [1.54, 1.807) is 0 Å². The molecule has 0 rings (SSSR count). The van der Waals surface area contributed by atoms with E-state index in [9.17, 15) is 19.8 Å². The van der Waals surface area contributed by atoms with E-state index in [1.807, 2.05) is 36.5 Å². The molecule has 3 N–H and O–H groups in total. The first-order valence-electron chi connectivity index (χ1n) is 24.9. The number of amides is 1. The second kappa shape index (κ2) is 47.1. The van der Waals surface area contributed by atoms with Gasteiger partial charge in [-0.05, 0) is 77.0 Å². The zero-order chi connectivity index (χ0) is 43.8. The summed E-state index contributed by atoms with van der Waals surface area (Å²) in [7, 11) is 0. The van der Waals surface area contributed by atoms with Crippen LogP contribution in [0.2, 0.25) is 0 Å². The van der Waals surface area contributed by atoms with Crippen LogP contribution < -0.4 is 5.32 Å². The van der Waals surface area contributed by atoms with Gasteiger partial charge in [-0.15, -0.1) is 0 Å². The second-order valence-corrected chi connectivity index (χ2v) is 16.6. The van der Waals surface area contributed by atoms with E-state index < -0.39 is 18.2 Å². The van der Waals surface area contributed by atoms with Crippen LogP contribution in [0.4, 0.5) is 0 Å². The monoisotopic (exact) mass is 836 g/mol. The summed E-state index contributed by atoms with van der Waals surface area (Å²) >= 11 is 0. The lowest BCUT2D eigenvalue weighted by Gasteiger charge is -2.24. The Balaban J connectivity index is 4.62. The van der Waals surface area contributed by atoms with Crippen molar-refractivity contribution in [3.05, 3.63) is 85.1 Å². The maximum Gasteiger partial charge on any atom is 0.306 e. The van der Waals surface area contributed by atoms with Crippen molar-refractivity contribution in [2.24, 2.45) is 0 Å². The lowest BCUT2D eigenvalue weighted by Crippen LogP contribution is -2.46. The van der Waals surface area contributed by atoms with Crippen molar-refractivity contribution in [1.29, 1.82) is 0 Å². The van der Waals surface area contributed by atoms with Gasteiger partial charge in [-0.1, -0.05) is 215 Å². The molecule has 3 unspecified atom stereocenters. The standard InChI is InChI=1S/C54H93NO5/c1-4-7-10-13-16-19-22-23-24-25-26-27-28-29-32-35-38-41-44-47-54(59)60-50(45-42-39-36-33-30-20-17-14-11-8-5-2)48-53(58)55-51(49-56)52(57)46-43-40-37-34-31-21-18-15-12-9-6-3/h8,11,14,16-17,19-20,23-24,26-27,30,33,36,50-52,56-57H,4-7,9-10,12-13,15,18,21-22,25,28-29,31-32,34-35,37-49H2,1-3H3,(H,55,58)/b11-8+,17-14+,19-16-,24-23-,27-26-,30-20-,36-33-. The molecule has 0 saturated carbocycles. The molecule has 0 aliphatic rings. The topological polar surface area (TPSA) is 95.9 Å². The minimum atomic E-state index is -0.810. The molecule has 0 saturated heterocycles. The fourth-order valence-electron chi connectivity index (χ4n) is 7.04. The predicted molar refractivity (Wildman–Crippen MR) is 259 cm³/mol. The molecule has 0 radical (unpaired) electrons. The Hall–Kier alpha value is -2.96. The van der Waals surface area contributed by atoms with Crippen LogP contribution in [-0.2, 0) is 14.3 Å². The summed E-state index contributed by atoms with van der Waals surface area (Å²) in [6.45, 7) is 6.27. The smallest absolute Gasteiger partial charge is 0.306 e. The van der Waals surface area contributed by atoms with E-state index >= 15 is 0 Å². The minimum Gasteiger partial charge on any atom is -0.462 e. The molecule has 0 aromatic carbocycles. The SMILES string of the molecule is CC/C=C/C=C/C=C\C=C/CCCC(CC(=O)NC(CO)C(O)CCCCCCCCCCCCC)OC(=O)CCCCCCCC/C=C\C/C=C\C/C=C\CCCCC. The van der Waals surface area contributed by atoms with Gasteiger partial charge < -0.3 is 20.3 Å². The van der Waals surface area contributed by atoms with E-state index in [-0.39, 0.29) is 24.9 Å². The second-order valence-electron chi connectivity index (χ2n) is 16.6. The van der Waals surface area contributed by atoms with Crippen LogP contribution in [0.3, 0.4) is 0 Å². The third-order valence-electron chi connectivity index (χ3n) is 10.8. The Labute approximate surface area is 370 Å². The van der Waals surface area contributed by atoms with Crippen molar-refractivity contribution in [3.8, 4) is 0 Å². The fourth-order valence-corrected chi connectivity index (χ4v) is 7.04. The number of ether oxygens (including phenoxy) is 1. The van der Waals surface area contributed by atoms with Crippen LogP contribution in [0.25, 0.3) is 0 Å². The van der Waals surface area contributed by atoms with Gasteiger partial charge in [0.25, 0.3) is 0 Å². The molecule has 344 valence electrons. The van der Waals surface area contributed by atoms with Crippen LogP contribution in [0.1, 0.15) is 220 Å². The van der Waals surface area contributed by atoms with Gasteiger partial charge in [0.15, 0.2) is 0 Å². The van der Waals surface area contributed by atoms with Crippen LogP contribution in [0.15, 0.2) is 85.1 Å². The van der Waals surface area contributed by atoms with Gasteiger partial charge in [0.2, 0.25) is 5.91 Å². The molecule has 0 bridgehead atoms. The number of carbonyl (C=O) groups excluding carboxylic acids is 2. The maximum atomic E-state index is 13.1. The van der Waals surface area contributed by atoms with Crippen LogP contribution in [-0.4, -0.2) is 46.9 Å². The van der Waals surface area contributed by atoms with Crippen molar-refractivity contribution in [2.45, 2.75) is 238 Å². The summed E-state index contributed by atoms with van der Waals surface area (Å²) in [5, 5.41) is 23.6. The first-order chi connectivity index (χ1) is 29.5. The molecule has 60 heavy (non-hydrogen) atoms. The molecule has 0 aliphatic carbocycles. The first kappa shape index (κ1) is 57.0. The number of aliphatic hydroxyl groups is 2. The van der Waals surface area contributed by atoms with Crippen LogP contribution in [0.5, 0.6) is 0 Å². The summed E-state index contributed by atoms with van der Waals surface area (Å²) in [6.07, 6.45) is 60.8. The highest BCUT2D eigenvalue weighted by Gasteiger charge is 2.24. The molecule has 0 aromatic heterocycles. The number of rotatable bonds is 43. The Bertz CT molecular complexity index is 1160. The van der Waals surface area contributed by atoms with Gasteiger partial charge in [-0.25, -0.2) is 0 Å². The summed E-state index contributed by atoms with van der Waals surface area (Å²) in [6, 6.07) is -0.728. The molecular formula is C54H93NO5. The summed E-state index contributed by atoms with van der Waals surface area (Å²) in [4.78, 5) is 26.0. The van der Waals surface area contributed by atoms with Crippen molar-refractivity contribution in [3.63, 3.8) is 0 Å². The lowest BCUT2D eigenvalue weighted by molar-refractivity contribution is -0.151. The van der Waals surface area contributed by atoms with Crippen molar-refractivity contribution in [2.75, 3.05) is 6.61 Å². The van der Waals surface area contributed by atoms with E-state index in [1.165, 1.54) is 96.3 Å². The Kier molecular flexibility index (Phi) is 44.8. The van der Waals surface area contributed by atoms with E-state index in [0.717, 1.165) is 77.0 Å². The highest BCUT2D eigenvalue weighted by Crippen LogP contribution is 2.16. The molecule has 3 atom stereocenters. The van der Waals surface area contributed by atoms with E-state index in [4.69, 9.17) is 4.74 Å². The van der Waals surface area contributed by atoms with Crippen molar-refractivity contribution >= 4 is 11.9 Å². The molecule has 0 spiro atoms. The molecule has 0 aliphatic heterocycles. The molecule has 6 nitrogen and oxygen atoms in total. The largest absolute Gasteiger partial charge is 0.462 e. The molecule has 6 heteroatoms. The predicted octanol–water partition coefficient (Wildman–Crippen LogP) is 14.8. The average molecular weight is 836 g/mol. The quantitative estimate of drug-likeness (QED) is 0.0246. The molecule has 0 heterocycles. The number of allylic oxidation sites excluding steroid dienone is 14. The maximum absolute atomic E-state index is 13.1. The highest BCUT2D eigenvalue weighted by atomic mass is 16.5. The number of esters is 1. The van der Waals surface area contributed by atoms with Gasteiger partial charge >= 0.3 is 5.97 Å². The molecule has 0 aromatic rings. The van der Waals surface area contributed by atoms with Crippen molar-refractivity contribution in [1.82, 2.24) is 5.32 Å². The van der Waals surface area contributed by atoms with Crippen LogP contribution in [0, 0.1) is 0 Å². The number of aliphatic hydroxyl groups excluding tert-OH is 2. The normalized spacial score (nSPS) is 14.0. The van der Waals surface area contributed by atoms with Crippen LogP contribution >= 0.6 is 0 Å². The molecule has 1 amide bonds. The Morgan fingerprint density at radius 3 is 1.57 bits per heavy atom. The van der Waals surface area contributed by atoms with Crippen molar-refractivity contribution < 1.29 is 24.5 Å². The Morgan fingerprint density at radius 2 is 0.983 bits per heavy atom. The Morgan fingerprint density at radius 1 is 0.517 bits per heavy atom. The zero-order valence-corrected chi connectivity index (χ0v) is 39.1. The third kappa shape index (κ3) is 41.8. The minimum absolute atomic E-state index is 0.0222. The number of carbonyl (C=O) groups is 2. The number of unbranched alkanes of at least 4 members (excludes halogenated alkanes) is 20. The lowest BCUT2D eigenvalue weighted by atomic mass is 10.0. The van der Waals surface area contributed by atoms with Gasteiger partial charge in [0, 0.05) is 6.42 Å². The molecular weight excluding hydrogens is 743 g/mol. The summed E-state index contributed by atoms with van der Waals surface area (Å²) in [5.74, 6) is -0.563. The van der Waals surface area contributed by atoms with E-state index in [0.29, 0.717) is 19.3 Å². The third-order valence-corrected chi connectivity index (χ3v) is 10.8. The van der Waals surface area contributed by atoms with Gasteiger partial charge in [0.1, 0.15) is 6.10 Å². The van der Waals surface area contributed by atoms with Gasteiger partial charge in [-0.2, -0.15) is 0 Å². The first-order valence-corrected chi connectivity index (χ1v) is 24.9.